The fourth-order valence-electron chi connectivity index (χ4n) is 1.27. The number of hydrogen-bond donors (Lipinski definition) is 2. The highest BCUT2D eigenvalue weighted by molar-refractivity contribution is 5.85. The summed E-state index contributed by atoms with van der Waals surface area (Å²) >= 11 is 0. The number of hydrogen-bond acceptors (Lipinski definition) is 1. The molecule has 0 bridgehead atoms. The van der Waals surface area contributed by atoms with Crippen LogP contribution in [0.25, 0.3) is 0 Å². The highest BCUT2D eigenvalue weighted by Crippen LogP contribution is 2.09. The van der Waals surface area contributed by atoms with E-state index in [1.807, 2.05) is 6.20 Å². The molecule has 56 valence electrons. The molecule has 0 saturated carbocycles. The first-order valence-electron chi connectivity index (χ1n) is 3.32. The standard InChI is InChI=1S/C7H10N2.ClH/c1-4-9-7-2-3-8-5-6(1)7;/h1,4,8-9H,2-3,5H2;1H. The normalized spacial score (nSPS) is 15.6. The number of rotatable bonds is 0. The minimum atomic E-state index is 0. The number of halogens is 1. The van der Waals surface area contributed by atoms with Gasteiger partial charge in [0.05, 0.1) is 0 Å². The Hall–Kier alpha value is -0.470. The second-order valence-corrected chi connectivity index (χ2v) is 2.41. The molecule has 0 aromatic carbocycles. The van der Waals surface area contributed by atoms with Crippen LogP contribution in [0.15, 0.2) is 12.3 Å². The zero-order valence-corrected chi connectivity index (χ0v) is 6.50. The van der Waals surface area contributed by atoms with E-state index in [0.29, 0.717) is 0 Å². The monoisotopic (exact) mass is 158 g/mol. The summed E-state index contributed by atoms with van der Waals surface area (Å²) in [5.41, 5.74) is 2.84. The zero-order chi connectivity index (χ0) is 6.10. The molecule has 1 aromatic heterocycles. The summed E-state index contributed by atoms with van der Waals surface area (Å²) in [7, 11) is 0. The van der Waals surface area contributed by atoms with Gasteiger partial charge in [0.25, 0.3) is 0 Å². The van der Waals surface area contributed by atoms with Gasteiger partial charge < -0.3 is 10.3 Å². The maximum absolute atomic E-state index is 3.31. The first kappa shape index (κ1) is 7.63. The fourth-order valence-corrected chi connectivity index (χ4v) is 1.27. The first-order valence-corrected chi connectivity index (χ1v) is 3.32. The van der Waals surface area contributed by atoms with Gasteiger partial charge in [0.15, 0.2) is 0 Å². The third kappa shape index (κ3) is 1.18. The third-order valence-electron chi connectivity index (χ3n) is 1.80. The van der Waals surface area contributed by atoms with Crippen LogP contribution >= 0.6 is 12.4 Å². The Morgan fingerprint density at radius 3 is 3.10 bits per heavy atom. The summed E-state index contributed by atoms with van der Waals surface area (Å²) in [5, 5.41) is 3.31. The summed E-state index contributed by atoms with van der Waals surface area (Å²) in [6.45, 7) is 2.16. The van der Waals surface area contributed by atoms with Gasteiger partial charge in [-0.25, -0.2) is 0 Å². The average Bonchev–Trinajstić information content (AvgIpc) is 2.33. The lowest BCUT2D eigenvalue weighted by molar-refractivity contribution is 0.638. The van der Waals surface area contributed by atoms with Crippen molar-refractivity contribution in [3.8, 4) is 0 Å². The third-order valence-corrected chi connectivity index (χ3v) is 1.80. The quantitative estimate of drug-likeness (QED) is 0.581. The van der Waals surface area contributed by atoms with Crippen molar-refractivity contribution >= 4 is 12.4 Å². The first-order chi connectivity index (χ1) is 4.47. The van der Waals surface area contributed by atoms with E-state index in [1.54, 1.807) is 0 Å². The summed E-state index contributed by atoms with van der Waals surface area (Å²) in [6, 6.07) is 2.14. The van der Waals surface area contributed by atoms with Gasteiger partial charge in [-0.1, -0.05) is 0 Å². The number of aromatic amines is 1. The SMILES string of the molecule is Cl.c1cc2c([nH]1)CCNC2. The second kappa shape index (κ2) is 3.08. The van der Waals surface area contributed by atoms with Crippen LogP contribution in [0.5, 0.6) is 0 Å². The van der Waals surface area contributed by atoms with Crippen LogP contribution in [-0.2, 0) is 13.0 Å². The van der Waals surface area contributed by atoms with Crippen molar-refractivity contribution in [1.29, 1.82) is 0 Å². The van der Waals surface area contributed by atoms with Gasteiger partial charge in [-0.3, -0.25) is 0 Å². The van der Waals surface area contributed by atoms with Crippen LogP contribution < -0.4 is 5.32 Å². The minimum absolute atomic E-state index is 0. The van der Waals surface area contributed by atoms with Gasteiger partial charge in [0.2, 0.25) is 0 Å². The maximum Gasteiger partial charge on any atom is 0.0223 e. The van der Waals surface area contributed by atoms with E-state index in [-0.39, 0.29) is 12.4 Å². The Kier molecular flexibility index (Phi) is 2.35. The van der Waals surface area contributed by atoms with Gasteiger partial charge in [0.1, 0.15) is 0 Å². The lowest BCUT2D eigenvalue weighted by Crippen LogP contribution is -2.22. The highest BCUT2D eigenvalue weighted by atomic mass is 35.5. The Morgan fingerprint density at radius 1 is 1.40 bits per heavy atom. The van der Waals surface area contributed by atoms with Crippen molar-refractivity contribution in [2.45, 2.75) is 13.0 Å². The van der Waals surface area contributed by atoms with E-state index in [2.05, 4.69) is 16.4 Å². The molecule has 1 aliphatic rings. The Morgan fingerprint density at radius 2 is 2.30 bits per heavy atom. The predicted molar refractivity (Wildman–Crippen MR) is 43.5 cm³/mol. The van der Waals surface area contributed by atoms with Crippen LogP contribution in [0.2, 0.25) is 0 Å². The molecule has 0 amide bonds. The minimum Gasteiger partial charge on any atom is -0.365 e. The van der Waals surface area contributed by atoms with Crippen molar-refractivity contribution in [2.24, 2.45) is 0 Å². The Balaban J connectivity index is 0.000000500. The van der Waals surface area contributed by atoms with Crippen LogP contribution in [0.4, 0.5) is 0 Å². The summed E-state index contributed by atoms with van der Waals surface area (Å²) in [5.74, 6) is 0. The van der Waals surface area contributed by atoms with Crippen molar-refractivity contribution in [2.75, 3.05) is 6.54 Å². The molecule has 2 rings (SSSR count). The lowest BCUT2D eigenvalue weighted by atomic mass is 10.1. The number of nitrogens with one attached hydrogen (secondary N) is 2. The van der Waals surface area contributed by atoms with E-state index in [4.69, 9.17) is 0 Å². The smallest absolute Gasteiger partial charge is 0.0223 e. The van der Waals surface area contributed by atoms with Crippen LogP contribution in [-0.4, -0.2) is 11.5 Å². The van der Waals surface area contributed by atoms with Gasteiger partial charge in [-0.05, 0) is 11.6 Å². The van der Waals surface area contributed by atoms with Crippen LogP contribution in [0.1, 0.15) is 11.3 Å². The van der Waals surface area contributed by atoms with Gasteiger partial charge in [-0.2, -0.15) is 0 Å². The predicted octanol–water partition coefficient (Wildman–Crippen LogP) is 1.08. The van der Waals surface area contributed by atoms with E-state index in [0.717, 1.165) is 19.5 Å². The fraction of sp³-hybridized carbons (Fsp3) is 0.429. The molecule has 0 saturated heterocycles. The van der Waals surface area contributed by atoms with Crippen LogP contribution in [0, 0.1) is 0 Å². The molecule has 10 heavy (non-hydrogen) atoms. The molecule has 0 aliphatic carbocycles. The van der Waals surface area contributed by atoms with Crippen molar-refractivity contribution in [3.63, 3.8) is 0 Å². The summed E-state index contributed by atoms with van der Waals surface area (Å²) < 4.78 is 0. The topological polar surface area (TPSA) is 27.8 Å². The molecular formula is C7H11ClN2. The van der Waals surface area contributed by atoms with Crippen LogP contribution in [0.3, 0.4) is 0 Å². The lowest BCUT2D eigenvalue weighted by Gasteiger charge is -2.11. The largest absolute Gasteiger partial charge is 0.365 e. The molecule has 0 spiro atoms. The van der Waals surface area contributed by atoms with Crippen molar-refractivity contribution in [1.82, 2.24) is 10.3 Å². The maximum atomic E-state index is 3.31. The summed E-state index contributed by atoms with van der Waals surface area (Å²) in [4.78, 5) is 3.22. The van der Waals surface area contributed by atoms with Gasteiger partial charge in [-0.15, -0.1) is 12.4 Å². The number of fused-ring (bicyclic) bond motifs is 1. The molecule has 2 heterocycles. The zero-order valence-electron chi connectivity index (χ0n) is 5.68. The van der Waals surface area contributed by atoms with E-state index in [9.17, 15) is 0 Å². The number of aromatic nitrogens is 1. The highest BCUT2D eigenvalue weighted by Gasteiger charge is 2.06. The second-order valence-electron chi connectivity index (χ2n) is 2.41. The molecule has 0 fully saturated rings. The van der Waals surface area contributed by atoms with Crippen molar-refractivity contribution in [3.05, 3.63) is 23.5 Å². The van der Waals surface area contributed by atoms with Crippen molar-refractivity contribution < 1.29 is 0 Å². The van der Waals surface area contributed by atoms with E-state index < -0.39 is 0 Å². The average molecular weight is 159 g/mol. The molecule has 0 unspecified atom stereocenters. The molecular weight excluding hydrogens is 148 g/mol. The Bertz CT molecular complexity index is 187. The number of H-pyrrole nitrogens is 1. The summed E-state index contributed by atoms with van der Waals surface area (Å²) in [6.07, 6.45) is 3.17. The van der Waals surface area contributed by atoms with E-state index in [1.165, 1.54) is 11.3 Å². The Labute approximate surface area is 66.4 Å². The van der Waals surface area contributed by atoms with Gasteiger partial charge >= 0.3 is 0 Å². The van der Waals surface area contributed by atoms with E-state index >= 15 is 0 Å². The molecule has 3 heteroatoms. The molecule has 0 radical (unpaired) electrons. The molecule has 0 atom stereocenters. The molecule has 1 aliphatic heterocycles. The molecule has 2 N–H and O–H groups in total. The molecule has 2 nitrogen and oxygen atoms in total. The molecule has 1 aromatic rings. The van der Waals surface area contributed by atoms with Gasteiger partial charge in [0, 0.05) is 31.4 Å².